The fourth-order valence-electron chi connectivity index (χ4n) is 12.8. The maximum absolute atomic E-state index is 13.5. The number of rotatable bonds is 63. The highest BCUT2D eigenvalue weighted by Gasteiger charge is 2.54. The van der Waals surface area contributed by atoms with Crippen LogP contribution in [0, 0.1) is 0 Å². The second kappa shape index (κ2) is 65.4. The quantitative estimate of drug-likeness (QED) is 0.0199. The Bertz CT molecular complexity index is 2490. The summed E-state index contributed by atoms with van der Waals surface area (Å²) >= 11 is 0. The summed E-state index contributed by atoms with van der Waals surface area (Å²) in [6.45, 7) is 1.59. The van der Waals surface area contributed by atoms with Crippen molar-refractivity contribution in [1.82, 2.24) is 5.32 Å². The molecule has 0 aliphatic carbocycles. The van der Waals surface area contributed by atoms with E-state index in [0.717, 1.165) is 116 Å². The van der Waals surface area contributed by atoms with Crippen molar-refractivity contribution in [3.8, 4) is 0 Å². The fourth-order valence-corrected chi connectivity index (χ4v) is 12.8. The second-order valence-electron chi connectivity index (χ2n) is 28.5. The third-order valence-electron chi connectivity index (χ3n) is 19.3. The van der Waals surface area contributed by atoms with Crippen LogP contribution in [0.1, 0.15) is 264 Å². The van der Waals surface area contributed by atoms with Gasteiger partial charge < -0.3 is 89.9 Å². The van der Waals surface area contributed by atoms with Gasteiger partial charge in [0.15, 0.2) is 18.9 Å². The van der Waals surface area contributed by atoms with Crippen molar-refractivity contribution in [1.29, 1.82) is 0 Å². The smallest absolute Gasteiger partial charge is 0.220 e. The molecule has 0 aromatic rings. The van der Waals surface area contributed by atoms with E-state index in [9.17, 15) is 61.0 Å². The van der Waals surface area contributed by atoms with Gasteiger partial charge in [-0.2, -0.15) is 0 Å². The summed E-state index contributed by atoms with van der Waals surface area (Å²) in [5.41, 5.74) is 0. The Morgan fingerprint density at radius 1 is 0.349 bits per heavy atom. The Labute approximate surface area is 638 Å². The Morgan fingerprint density at radius 3 is 1.06 bits per heavy atom. The van der Waals surface area contributed by atoms with Crippen molar-refractivity contribution in [2.45, 2.75) is 369 Å². The zero-order valence-corrected chi connectivity index (χ0v) is 64.9. The van der Waals surface area contributed by atoms with Crippen molar-refractivity contribution in [2.24, 2.45) is 0 Å². The van der Waals surface area contributed by atoms with Crippen LogP contribution >= 0.6 is 0 Å². The molecule has 19 nitrogen and oxygen atoms in total. The van der Waals surface area contributed by atoms with Gasteiger partial charge in [-0.05, 0) is 116 Å². The molecule has 0 spiro atoms. The summed E-state index contributed by atoms with van der Waals surface area (Å²) in [6.07, 6.45) is 68.3. The average molecular weight is 1490 g/mol. The summed E-state index contributed by atoms with van der Waals surface area (Å²) in [4.78, 5) is 13.5. The van der Waals surface area contributed by atoms with Gasteiger partial charge in [0, 0.05) is 6.42 Å². The predicted octanol–water partition coefficient (Wildman–Crippen LogP) is 14.2. The number of allylic oxidation sites excluding steroid dienone is 23. The number of carbonyl (C=O) groups is 1. The Balaban J connectivity index is 1.36. The topological polar surface area (TPSA) is 307 Å². The highest BCUT2D eigenvalue weighted by atomic mass is 16.8. The van der Waals surface area contributed by atoms with Crippen LogP contribution in [0.3, 0.4) is 0 Å². The molecular weight excluding hydrogens is 1350 g/mol. The van der Waals surface area contributed by atoms with E-state index in [1.165, 1.54) is 116 Å². The Hall–Kier alpha value is -4.33. The van der Waals surface area contributed by atoms with Crippen molar-refractivity contribution in [2.75, 3.05) is 26.4 Å². The van der Waals surface area contributed by atoms with Gasteiger partial charge in [0.25, 0.3) is 0 Å². The molecule has 3 heterocycles. The van der Waals surface area contributed by atoms with Gasteiger partial charge in [0.2, 0.25) is 5.91 Å². The van der Waals surface area contributed by atoms with Crippen molar-refractivity contribution < 1.29 is 89.4 Å². The van der Waals surface area contributed by atoms with Gasteiger partial charge in [-0.1, -0.05) is 288 Å². The summed E-state index contributed by atoms with van der Waals surface area (Å²) < 4.78 is 34.4. The monoisotopic (exact) mass is 1490 g/mol. The molecule has 3 aliphatic heterocycles. The van der Waals surface area contributed by atoms with Crippen molar-refractivity contribution in [3.05, 3.63) is 146 Å². The van der Waals surface area contributed by atoms with Crippen LogP contribution in [-0.2, 0) is 33.2 Å². The number of nitrogens with one attached hydrogen (secondary N) is 1. The van der Waals surface area contributed by atoms with Crippen molar-refractivity contribution in [3.63, 3.8) is 0 Å². The lowest BCUT2D eigenvalue weighted by atomic mass is 9.96. The number of hydrogen-bond acceptors (Lipinski definition) is 18. The molecule has 3 fully saturated rings. The maximum atomic E-state index is 13.5. The minimum absolute atomic E-state index is 0.219. The van der Waals surface area contributed by atoms with E-state index in [-0.39, 0.29) is 18.9 Å². The summed E-state index contributed by atoms with van der Waals surface area (Å²) in [5.74, 6) is -0.297. The van der Waals surface area contributed by atoms with E-state index < -0.39 is 124 Å². The molecule has 17 unspecified atom stereocenters. The van der Waals surface area contributed by atoms with E-state index in [1.54, 1.807) is 6.08 Å². The number of unbranched alkanes of at least 4 members (excludes halogenated alkanes) is 25. The minimum Gasteiger partial charge on any atom is -0.394 e. The molecule has 17 atom stereocenters. The number of aliphatic hydroxyl groups excluding tert-OH is 11. The molecule has 0 bridgehead atoms. The molecule has 3 rings (SSSR count). The molecule has 19 heteroatoms. The molecule has 3 aliphatic rings. The molecule has 12 N–H and O–H groups in total. The van der Waals surface area contributed by atoms with Gasteiger partial charge in [-0.15, -0.1) is 0 Å². The zero-order valence-electron chi connectivity index (χ0n) is 64.9. The Morgan fingerprint density at radius 2 is 0.660 bits per heavy atom. The summed E-state index contributed by atoms with van der Waals surface area (Å²) in [5, 5.41) is 121. The normalized spacial score (nSPS) is 26.4. The summed E-state index contributed by atoms with van der Waals surface area (Å²) in [6, 6.07) is -1.01. The van der Waals surface area contributed by atoms with Gasteiger partial charge in [-0.25, -0.2) is 0 Å². The van der Waals surface area contributed by atoms with Gasteiger partial charge in [-0.3, -0.25) is 4.79 Å². The lowest BCUT2D eigenvalue weighted by Crippen LogP contribution is -2.66. The van der Waals surface area contributed by atoms with Crippen molar-refractivity contribution >= 4 is 5.91 Å². The molecule has 0 radical (unpaired) electrons. The first-order valence-electron chi connectivity index (χ1n) is 41.1. The zero-order chi connectivity index (χ0) is 76.7. The van der Waals surface area contributed by atoms with E-state index in [2.05, 4.69) is 153 Å². The number of aliphatic hydroxyl groups is 11. The van der Waals surface area contributed by atoms with Crippen LogP contribution in [0.5, 0.6) is 0 Å². The van der Waals surface area contributed by atoms with Crippen LogP contribution in [-0.4, -0.2) is 193 Å². The first kappa shape index (κ1) is 95.9. The van der Waals surface area contributed by atoms with E-state index in [0.29, 0.717) is 12.8 Å². The van der Waals surface area contributed by atoms with Gasteiger partial charge >= 0.3 is 0 Å². The maximum Gasteiger partial charge on any atom is 0.220 e. The lowest BCUT2D eigenvalue weighted by molar-refractivity contribution is -0.379. The molecule has 0 aromatic heterocycles. The molecule has 0 aromatic carbocycles. The third-order valence-corrected chi connectivity index (χ3v) is 19.3. The third kappa shape index (κ3) is 44.5. The van der Waals surface area contributed by atoms with Gasteiger partial charge in [0.1, 0.15) is 73.2 Å². The van der Waals surface area contributed by atoms with Crippen LogP contribution in [0.4, 0.5) is 0 Å². The lowest BCUT2D eigenvalue weighted by Gasteiger charge is -2.48. The molecule has 0 saturated carbocycles. The largest absolute Gasteiger partial charge is 0.394 e. The first-order chi connectivity index (χ1) is 51.8. The number of carbonyl (C=O) groups excluding carboxylic acids is 1. The van der Waals surface area contributed by atoms with Crippen LogP contribution < -0.4 is 5.32 Å². The average Bonchev–Trinajstić information content (AvgIpc) is 0.780. The minimum atomic E-state index is -1.99. The first-order valence-corrected chi connectivity index (χ1v) is 41.1. The van der Waals surface area contributed by atoms with Crippen LogP contribution in [0.15, 0.2) is 146 Å². The predicted molar refractivity (Wildman–Crippen MR) is 424 cm³/mol. The summed E-state index contributed by atoms with van der Waals surface area (Å²) in [7, 11) is 0. The number of amides is 1. The van der Waals surface area contributed by atoms with E-state index >= 15 is 0 Å². The number of ether oxygens (including phenoxy) is 6. The molecule has 1 amide bonds. The standard InChI is InChI=1S/C87H145NO18/c1-3-5-7-9-11-13-15-17-19-21-23-25-27-28-29-30-31-32-33-34-35-36-37-38-39-40-41-42-43-45-47-49-51-53-55-57-59-61-63-65-75(93)88-70(71(92)64-62-60-58-56-54-52-50-48-46-44-26-24-22-20-18-16-14-12-10-8-6-4-2)69-101-85-81(99)78(96)83(73(67-90)103-85)106-87-82(100)79(97)84(74(68-91)104-87)105-86-80(98)77(95)76(94)72(66-89)102-86/h5,7,11,13,17,19,23,25,28-29,31-32,34-35,37-38,40-41,46,48,54,56,62,64,70-74,76-87,89-92,94-100H,3-4,6,8-10,12,14-16,18,20-22,24,26-27,30,33,36,39,42-45,47,49-53,55,57-61,63,65-69H2,1-2H3,(H,88,93)/b7-5-,13-11-,19-17-,25-23-,29-28-,32-31-,35-34-,38-37-,41-40-,48-46+,56-54+,64-62+. The number of hydrogen-bond donors (Lipinski definition) is 12. The Kier molecular flexibility index (Phi) is 59.1. The van der Waals surface area contributed by atoms with Gasteiger partial charge in [0.05, 0.1) is 38.6 Å². The fraction of sp³-hybridized carbons (Fsp3) is 0.713. The van der Waals surface area contributed by atoms with E-state index in [1.807, 2.05) is 6.08 Å². The highest BCUT2D eigenvalue weighted by Crippen LogP contribution is 2.33. The second-order valence-corrected chi connectivity index (χ2v) is 28.5. The SMILES string of the molecule is CC/C=C\C/C=C\C/C=C\C/C=C\C/C=C\C/C=C\C/C=C\C/C=C\C/C=C\CCCCCCCCCCCCCC(=O)NC(COC1OC(CO)C(OC2OC(CO)C(OC3OC(CO)C(O)C(O)C3O)C(O)C2O)C(O)C1O)C(O)/C=C/CC/C=C/CC/C=C/CCCCCCCCCCCCCC. The molecular formula is C87H145NO18. The van der Waals surface area contributed by atoms with Crippen LogP contribution in [0.25, 0.3) is 0 Å². The molecule has 106 heavy (non-hydrogen) atoms. The molecule has 3 saturated heterocycles. The van der Waals surface area contributed by atoms with E-state index in [4.69, 9.17) is 28.4 Å². The molecule has 606 valence electrons. The van der Waals surface area contributed by atoms with Crippen LogP contribution in [0.2, 0.25) is 0 Å². The highest BCUT2D eigenvalue weighted by molar-refractivity contribution is 5.76.